The van der Waals surface area contributed by atoms with E-state index in [1.54, 1.807) is 41.5 Å². The van der Waals surface area contributed by atoms with E-state index in [0.29, 0.717) is 0 Å². The Hall–Kier alpha value is -2.13. The van der Waals surface area contributed by atoms with Crippen molar-refractivity contribution in [3.8, 4) is 5.75 Å². The summed E-state index contributed by atoms with van der Waals surface area (Å²) in [6.45, 7) is 10.9. The average Bonchev–Trinajstić information content (AvgIpc) is 2.67. The van der Waals surface area contributed by atoms with Gasteiger partial charge in [-0.3, -0.25) is 14.4 Å². The van der Waals surface area contributed by atoms with Gasteiger partial charge < -0.3 is 14.8 Å². The van der Waals surface area contributed by atoms with Crippen LogP contribution in [-0.2, 0) is 26.1 Å². The molecule has 6 nitrogen and oxygen atoms in total. The van der Waals surface area contributed by atoms with Gasteiger partial charge in [0, 0.05) is 6.54 Å². The van der Waals surface area contributed by atoms with Crippen LogP contribution in [0.3, 0.4) is 0 Å². The highest BCUT2D eigenvalue weighted by Crippen LogP contribution is 2.35. The topological polar surface area (TPSA) is 81.7 Å². The van der Waals surface area contributed by atoms with E-state index in [4.69, 9.17) is 4.74 Å². The van der Waals surface area contributed by atoms with Gasteiger partial charge >= 0.3 is 11.9 Å². The second-order valence-corrected chi connectivity index (χ2v) is 8.95. The number of benzene rings is 1. The molecule has 0 aliphatic heterocycles. The van der Waals surface area contributed by atoms with E-state index in [0.717, 1.165) is 0 Å². The lowest BCUT2D eigenvalue weighted by Crippen LogP contribution is -2.36. The second-order valence-electron chi connectivity index (χ2n) is 8.95. The standard InChI is InChI=1S/C21H27F4NO5.HPS/c1-8-26-18(28)12-13(22)15(24)17(16(25)14(12)23)30-19(29)10(20(2,3)4)9-11(27)31-21(5,6)7;1-2/h10H,8-9H2,1-7H3,(H,26,28);1H/t10-;/m1./s1. The lowest BCUT2D eigenvalue weighted by molar-refractivity contribution is -0.161. The Labute approximate surface area is 197 Å². The summed E-state index contributed by atoms with van der Waals surface area (Å²) in [5.74, 6) is -14.4. The molecule has 1 amide bonds. The summed E-state index contributed by atoms with van der Waals surface area (Å²) in [6, 6.07) is 0. The zero-order valence-corrected chi connectivity index (χ0v) is 21.3. The maximum absolute atomic E-state index is 14.4. The van der Waals surface area contributed by atoms with Gasteiger partial charge in [-0.05, 0) is 41.1 Å². The maximum atomic E-state index is 14.4. The quantitative estimate of drug-likeness (QED) is 0.192. The Morgan fingerprint density at radius 3 is 1.76 bits per heavy atom. The number of rotatable bonds is 6. The summed E-state index contributed by atoms with van der Waals surface area (Å²) in [5, 5.41) is 2.03. The molecule has 0 fully saturated rings. The van der Waals surface area contributed by atoms with Gasteiger partial charge in [-0.1, -0.05) is 32.6 Å². The molecule has 0 aliphatic rings. The van der Waals surface area contributed by atoms with Crippen molar-refractivity contribution in [3.63, 3.8) is 0 Å². The van der Waals surface area contributed by atoms with E-state index in [1.165, 1.54) is 6.92 Å². The number of amides is 1. The molecule has 186 valence electrons. The van der Waals surface area contributed by atoms with Crippen LogP contribution in [0.25, 0.3) is 0 Å². The van der Waals surface area contributed by atoms with Crippen molar-refractivity contribution in [2.24, 2.45) is 11.3 Å². The molecule has 0 spiro atoms. The number of carbonyl (C=O) groups is 3. The SMILES string of the molecule is CCNC(=O)c1c(F)c(F)c(OC(=O)[C@@H](CC(=O)OC(C)(C)C)C(C)(C)C)c(F)c1F.P=S. The fourth-order valence-corrected chi connectivity index (χ4v) is 2.61. The fourth-order valence-electron chi connectivity index (χ4n) is 2.61. The minimum Gasteiger partial charge on any atom is -0.460 e. The molecule has 0 unspecified atom stereocenters. The van der Waals surface area contributed by atoms with Crippen molar-refractivity contribution in [1.29, 1.82) is 0 Å². The Balaban J connectivity index is 0.00000497. The zero-order chi connectivity index (χ0) is 26.3. The molecule has 0 aliphatic carbocycles. The van der Waals surface area contributed by atoms with E-state index in [-0.39, 0.29) is 6.54 Å². The summed E-state index contributed by atoms with van der Waals surface area (Å²) in [4.78, 5) is 36.5. The van der Waals surface area contributed by atoms with Crippen LogP contribution in [-0.4, -0.2) is 30.0 Å². The van der Waals surface area contributed by atoms with Gasteiger partial charge in [-0.25, -0.2) is 8.78 Å². The molecule has 12 heteroatoms. The van der Waals surface area contributed by atoms with E-state index in [2.05, 4.69) is 24.6 Å². The van der Waals surface area contributed by atoms with Gasteiger partial charge in [-0.2, -0.15) is 8.78 Å². The molecule has 33 heavy (non-hydrogen) atoms. The summed E-state index contributed by atoms with van der Waals surface area (Å²) < 4.78 is 67.1. The number of hydrogen-bond acceptors (Lipinski definition) is 6. The van der Waals surface area contributed by atoms with Crippen LogP contribution >= 0.6 is 8.02 Å². The minimum absolute atomic E-state index is 0.0460. The number of ether oxygens (including phenoxy) is 2. The fraction of sp³-hybridized carbons (Fsp3) is 0.571. The van der Waals surface area contributed by atoms with Crippen LogP contribution in [0.4, 0.5) is 17.6 Å². The molecule has 0 bridgehead atoms. The van der Waals surface area contributed by atoms with Gasteiger partial charge in [0.1, 0.15) is 11.2 Å². The summed E-state index contributed by atoms with van der Waals surface area (Å²) in [7, 11) is 2.56. The molecular weight excluding hydrogens is 485 g/mol. The molecule has 0 saturated heterocycles. The molecule has 1 rings (SSSR count). The maximum Gasteiger partial charge on any atom is 0.315 e. The van der Waals surface area contributed by atoms with Crippen LogP contribution in [0.5, 0.6) is 5.75 Å². The van der Waals surface area contributed by atoms with Crippen molar-refractivity contribution in [2.75, 3.05) is 6.54 Å². The average molecular weight is 513 g/mol. The third-order valence-electron chi connectivity index (χ3n) is 4.11. The molecule has 1 aromatic carbocycles. The predicted octanol–water partition coefficient (Wildman–Crippen LogP) is 4.88. The van der Waals surface area contributed by atoms with E-state index < -0.39 is 75.8 Å². The van der Waals surface area contributed by atoms with Crippen LogP contribution < -0.4 is 10.1 Å². The van der Waals surface area contributed by atoms with Crippen LogP contribution in [0.15, 0.2) is 0 Å². The Morgan fingerprint density at radius 2 is 1.39 bits per heavy atom. The Morgan fingerprint density at radius 1 is 0.939 bits per heavy atom. The van der Waals surface area contributed by atoms with E-state index in [9.17, 15) is 31.9 Å². The van der Waals surface area contributed by atoms with Gasteiger partial charge in [0.2, 0.25) is 17.4 Å². The number of nitrogens with one attached hydrogen (secondary N) is 1. The van der Waals surface area contributed by atoms with Gasteiger partial charge in [0.05, 0.1) is 12.3 Å². The molecule has 1 aromatic rings. The highest BCUT2D eigenvalue weighted by atomic mass is 32.4. The van der Waals surface area contributed by atoms with Crippen LogP contribution in [0.2, 0.25) is 0 Å². The molecule has 0 radical (unpaired) electrons. The monoisotopic (exact) mass is 513 g/mol. The molecule has 1 N–H and O–H groups in total. The van der Waals surface area contributed by atoms with Gasteiger partial charge in [-0.15, -0.1) is 0 Å². The third kappa shape index (κ3) is 8.62. The zero-order valence-electron chi connectivity index (χ0n) is 19.5. The Bertz CT molecular complexity index is 871. The first-order valence-corrected chi connectivity index (χ1v) is 11.4. The molecular formula is C21H28F4NO5PS. The van der Waals surface area contributed by atoms with Crippen molar-refractivity contribution in [3.05, 3.63) is 28.8 Å². The third-order valence-corrected chi connectivity index (χ3v) is 4.11. The summed E-state index contributed by atoms with van der Waals surface area (Å²) in [5.41, 5.74) is -3.25. The minimum atomic E-state index is -2.04. The first-order chi connectivity index (χ1) is 15.0. The lowest BCUT2D eigenvalue weighted by Gasteiger charge is -2.29. The summed E-state index contributed by atoms with van der Waals surface area (Å²) in [6.07, 6.45) is -0.495. The Kier molecular flexibility index (Phi) is 11.6. The second kappa shape index (κ2) is 12.4. The van der Waals surface area contributed by atoms with Crippen molar-refractivity contribution < 1.29 is 41.4 Å². The van der Waals surface area contributed by atoms with E-state index in [1.807, 2.05) is 5.32 Å². The van der Waals surface area contributed by atoms with Gasteiger partial charge in [0.15, 0.2) is 11.6 Å². The van der Waals surface area contributed by atoms with Crippen LogP contribution in [0, 0.1) is 34.6 Å². The van der Waals surface area contributed by atoms with E-state index >= 15 is 0 Å². The number of halogens is 4. The summed E-state index contributed by atoms with van der Waals surface area (Å²) >= 11 is 3.89. The molecule has 0 saturated carbocycles. The van der Waals surface area contributed by atoms with Gasteiger partial charge in [0.25, 0.3) is 5.91 Å². The normalized spacial score (nSPS) is 12.2. The number of carbonyl (C=O) groups excluding carboxylic acids is 3. The highest BCUT2D eigenvalue weighted by Gasteiger charge is 2.38. The first kappa shape index (κ1) is 30.9. The number of hydrogen-bond donors (Lipinski definition) is 1. The van der Waals surface area contributed by atoms with Crippen molar-refractivity contribution >= 4 is 37.7 Å². The molecule has 0 aromatic heterocycles. The smallest absolute Gasteiger partial charge is 0.315 e. The highest BCUT2D eigenvalue weighted by molar-refractivity contribution is 7.88. The largest absolute Gasteiger partial charge is 0.460 e. The van der Waals surface area contributed by atoms with Crippen molar-refractivity contribution in [2.45, 2.75) is 60.5 Å². The molecule has 0 heterocycles. The first-order valence-electron chi connectivity index (χ1n) is 9.79. The lowest BCUT2D eigenvalue weighted by atomic mass is 9.78. The molecule has 1 atom stereocenters. The van der Waals surface area contributed by atoms with Crippen molar-refractivity contribution in [1.82, 2.24) is 5.32 Å². The van der Waals surface area contributed by atoms with Crippen LogP contribution in [0.1, 0.15) is 65.2 Å². The number of esters is 2. The predicted molar refractivity (Wildman–Crippen MR) is 119 cm³/mol.